The molecule has 0 radical (unpaired) electrons. The molecule has 0 fully saturated rings. The molecule has 4 aromatic carbocycles. The fourth-order valence-corrected chi connectivity index (χ4v) is 4.24. The fourth-order valence-electron chi connectivity index (χ4n) is 4.24. The summed E-state index contributed by atoms with van der Waals surface area (Å²) in [6.07, 6.45) is 6.86. The summed E-state index contributed by atoms with van der Waals surface area (Å²) in [4.78, 5) is 15.9. The van der Waals surface area contributed by atoms with Gasteiger partial charge >= 0.3 is 0 Å². The predicted molar refractivity (Wildman–Crippen MR) is 136 cm³/mol. The largest absolute Gasteiger partial charge is 0.454 e. The zero-order valence-corrected chi connectivity index (χ0v) is 18.2. The van der Waals surface area contributed by atoms with Crippen molar-refractivity contribution in [2.75, 3.05) is 4.90 Å². The lowest BCUT2D eigenvalue weighted by Crippen LogP contribution is -2.12. The molecule has 0 atom stereocenters. The number of rotatable bonds is 5. The summed E-state index contributed by atoms with van der Waals surface area (Å²) in [6, 6.07) is 32.5. The standard InChI is InChI=1S/C29H20N4O/c1-3-9-21(10-4-1)33(22-11-5-2-6-12-22)28-24-13-7-8-14-25(24)29(27-26(28)31-19-20-32-27)34-23-15-17-30-18-16-23/h1-20H. The highest BCUT2D eigenvalue weighted by atomic mass is 16.5. The second kappa shape index (κ2) is 8.64. The van der Waals surface area contributed by atoms with Crippen molar-refractivity contribution in [2.45, 2.75) is 0 Å². The van der Waals surface area contributed by atoms with Crippen LogP contribution in [0.5, 0.6) is 11.5 Å². The van der Waals surface area contributed by atoms with Crippen LogP contribution in [0, 0.1) is 0 Å². The molecule has 0 N–H and O–H groups in total. The molecule has 5 nitrogen and oxygen atoms in total. The van der Waals surface area contributed by atoms with Crippen molar-refractivity contribution in [3.05, 3.63) is 122 Å². The summed E-state index contributed by atoms with van der Waals surface area (Å²) >= 11 is 0. The number of para-hydroxylation sites is 2. The Morgan fingerprint density at radius 2 is 1.09 bits per heavy atom. The lowest BCUT2D eigenvalue weighted by atomic mass is 10.0. The minimum atomic E-state index is 0.676. The van der Waals surface area contributed by atoms with Crippen LogP contribution in [0.25, 0.3) is 21.8 Å². The Morgan fingerprint density at radius 1 is 0.529 bits per heavy atom. The highest BCUT2D eigenvalue weighted by Crippen LogP contribution is 2.47. The van der Waals surface area contributed by atoms with E-state index < -0.39 is 0 Å². The van der Waals surface area contributed by atoms with Crippen molar-refractivity contribution < 1.29 is 4.74 Å². The molecule has 162 valence electrons. The monoisotopic (exact) mass is 440 g/mol. The summed E-state index contributed by atoms with van der Waals surface area (Å²) < 4.78 is 6.39. The van der Waals surface area contributed by atoms with E-state index in [0.717, 1.165) is 33.4 Å². The van der Waals surface area contributed by atoms with Crippen LogP contribution in [0.4, 0.5) is 17.1 Å². The second-order valence-electron chi connectivity index (χ2n) is 7.77. The molecule has 6 aromatic rings. The first-order chi connectivity index (χ1) is 16.9. The third-order valence-electron chi connectivity index (χ3n) is 5.69. The van der Waals surface area contributed by atoms with Gasteiger partial charge in [-0.3, -0.25) is 9.97 Å². The molecular weight excluding hydrogens is 420 g/mol. The molecule has 5 heteroatoms. The van der Waals surface area contributed by atoms with Gasteiger partial charge in [0.15, 0.2) is 5.75 Å². The third-order valence-corrected chi connectivity index (χ3v) is 5.69. The Morgan fingerprint density at radius 3 is 1.74 bits per heavy atom. The molecular formula is C29H20N4O. The second-order valence-corrected chi connectivity index (χ2v) is 7.77. The minimum Gasteiger partial charge on any atom is -0.454 e. The first-order valence-electron chi connectivity index (χ1n) is 11.0. The summed E-state index contributed by atoms with van der Waals surface area (Å²) in [5.74, 6) is 1.37. The number of ether oxygens (including phenoxy) is 1. The molecule has 2 aromatic heterocycles. The SMILES string of the molecule is c1ccc(N(c2ccccc2)c2c3ccccc3c(Oc3ccncc3)c3nccnc23)cc1. The predicted octanol–water partition coefficient (Wildman–Crippen LogP) is 7.44. The minimum absolute atomic E-state index is 0.676. The Balaban J connectivity index is 1.70. The van der Waals surface area contributed by atoms with E-state index >= 15 is 0 Å². The first-order valence-corrected chi connectivity index (χ1v) is 11.0. The normalized spacial score (nSPS) is 10.9. The smallest absolute Gasteiger partial charge is 0.163 e. The van der Waals surface area contributed by atoms with Gasteiger partial charge in [-0.2, -0.15) is 0 Å². The Labute approximate surface area is 196 Å². The van der Waals surface area contributed by atoms with E-state index in [9.17, 15) is 0 Å². The molecule has 0 aliphatic heterocycles. The number of hydrogen-bond acceptors (Lipinski definition) is 5. The third kappa shape index (κ3) is 3.49. The topological polar surface area (TPSA) is 51.1 Å². The van der Waals surface area contributed by atoms with Crippen molar-refractivity contribution in [1.29, 1.82) is 0 Å². The van der Waals surface area contributed by atoms with Gasteiger partial charge in [0.25, 0.3) is 0 Å². The lowest BCUT2D eigenvalue weighted by molar-refractivity contribution is 0.492. The van der Waals surface area contributed by atoms with Gasteiger partial charge in [-0.1, -0.05) is 60.7 Å². The van der Waals surface area contributed by atoms with Crippen molar-refractivity contribution >= 4 is 38.9 Å². The molecule has 0 aliphatic rings. The number of nitrogens with zero attached hydrogens (tertiary/aromatic N) is 4. The van der Waals surface area contributed by atoms with Crippen LogP contribution in [-0.4, -0.2) is 15.0 Å². The van der Waals surface area contributed by atoms with E-state index in [-0.39, 0.29) is 0 Å². The maximum absolute atomic E-state index is 6.39. The van der Waals surface area contributed by atoms with Crippen LogP contribution in [-0.2, 0) is 0 Å². The highest BCUT2D eigenvalue weighted by Gasteiger charge is 2.23. The van der Waals surface area contributed by atoms with Crippen LogP contribution in [0.3, 0.4) is 0 Å². The number of fused-ring (bicyclic) bond motifs is 2. The van der Waals surface area contributed by atoms with E-state index in [2.05, 4.69) is 46.3 Å². The Kier molecular flexibility index (Phi) is 5.05. The van der Waals surface area contributed by atoms with E-state index in [1.54, 1.807) is 24.8 Å². The van der Waals surface area contributed by atoms with Crippen molar-refractivity contribution in [3.8, 4) is 11.5 Å². The number of anilines is 3. The van der Waals surface area contributed by atoms with Gasteiger partial charge in [-0.05, 0) is 36.4 Å². The zero-order valence-electron chi connectivity index (χ0n) is 18.2. The molecule has 0 unspecified atom stereocenters. The van der Waals surface area contributed by atoms with Crippen molar-refractivity contribution in [3.63, 3.8) is 0 Å². The molecule has 0 bridgehead atoms. The Hall–Kier alpha value is -4.77. The van der Waals surface area contributed by atoms with E-state index in [1.165, 1.54) is 0 Å². The lowest BCUT2D eigenvalue weighted by Gasteiger charge is -2.28. The van der Waals surface area contributed by atoms with Crippen LogP contribution >= 0.6 is 0 Å². The summed E-state index contributed by atoms with van der Waals surface area (Å²) in [7, 11) is 0. The van der Waals surface area contributed by atoms with Gasteiger partial charge < -0.3 is 9.64 Å². The summed E-state index contributed by atoms with van der Waals surface area (Å²) in [6.45, 7) is 0. The molecule has 6 rings (SSSR count). The Bertz CT molecular complexity index is 1480. The van der Waals surface area contributed by atoms with E-state index in [0.29, 0.717) is 17.0 Å². The molecule has 0 saturated heterocycles. The maximum Gasteiger partial charge on any atom is 0.163 e. The van der Waals surface area contributed by atoms with Crippen LogP contribution in [0.15, 0.2) is 122 Å². The summed E-state index contributed by atoms with van der Waals surface area (Å²) in [5, 5.41) is 1.98. The van der Waals surface area contributed by atoms with Crippen LogP contribution in [0.1, 0.15) is 0 Å². The average Bonchev–Trinajstić information content (AvgIpc) is 2.92. The van der Waals surface area contributed by atoms with Crippen molar-refractivity contribution in [1.82, 2.24) is 15.0 Å². The molecule has 0 aliphatic carbocycles. The first kappa shape index (κ1) is 19.9. The highest BCUT2D eigenvalue weighted by molar-refractivity contribution is 6.15. The van der Waals surface area contributed by atoms with Gasteiger partial charge in [0.2, 0.25) is 0 Å². The molecule has 0 spiro atoms. The zero-order chi connectivity index (χ0) is 22.7. The maximum atomic E-state index is 6.39. The molecule has 0 saturated carbocycles. The quantitative estimate of drug-likeness (QED) is 0.261. The van der Waals surface area contributed by atoms with Gasteiger partial charge in [0, 0.05) is 46.9 Å². The fraction of sp³-hybridized carbons (Fsp3) is 0. The number of pyridine rings is 1. The van der Waals surface area contributed by atoms with E-state index in [4.69, 9.17) is 14.7 Å². The van der Waals surface area contributed by atoms with Gasteiger partial charge in [0.05, 0.1) is 5.69 Å². The molecule has 0 amide bonds. The van der Waals surface area contributed by atoms with Crippen molar-refractivity contribution in [2.24, 2.45) is 0 Å². The van der Waals surface area contributed by atoms with E-state index in [1.807, 2.05) is 60.7 Å². The van der Waals surface area contributed by atoms with Crippen LogP contribution in [0.2, 0.25) is 0 Å². The molecule has 34 heavy (non-hydrogen) atoms. The summed E-state index contributed by atoms with van der Waals surface area (Å²) in [5.41, 5.74) is 4.49. The molecule has 2 heterocycles. The average molecular weight is 441 g/mol. The number of aromatic nitrogens is 3. The number of benzene rings is 4. The van der Waals surface area contributed by atoms with Gasteiger partial charge in [-0.25, -0.2) is 4.98 Å². The van der Waals surface area contributed by atoms with Gasteiger partial charge in [0.1, 0.15) is 16.8 Å². The van der Waals surface area contributed by atoms with Crippen LogP contribution < -0.4 is 9.64 Å². The number of hydrogen-bond donors (Lipinski definition) is 0. The van der Waals surface area contributed by atoms with Gasteiger partial charge in [-0.15, -0.1) is 0 Å².